The largest absolute Gasteiger partial charge is 0.497 e. The van der Waals surface area contributed by atoms with Gasteiger partial charge in [-0.3, -0.25) is 9.48 Å². The van der Waals surface area contributed by atoms with Gasteiger partial charge in [0.25, 0.3) is 5.91 Å². The highest BCUT2D eigenvalue weighted by Crippen LogP contribution is 2.25. The van der Waals surface area contributed by atoms with Crippen molar-refractivity contribution in [2.75, 3.05) is 7.11 Å². The van der Waals surface area contributed by atoms with Gasteiger partial charge in [0, 0.05) is 30.9 Å². The Morgan fingerprint density at radius 1 is 1.13 bits per heavy atom. The molecule has 0 atom stereocenters. The lowest BCUT2D eigenvalue weighted by molar-refractivity contribution is 0.0881. The second kappa shape index (κ2) is 9.20. The first kappa shape index (κ1) is 20.9. The number of benzene rings is 1. The highest BCUT2D eigenvalue weighted by Gasteiger charge is 2.25. The molecule has 7 heteroatoms. The van der Waals surface area contributed by atoms with E-state index in [1.807, 2.05) is 55.6 Å². The van der Waals surface area contributed by atoms with Gasteiger partial charge in [-0.05, 0) is 56.4 Å². The fourth-order valence-electron chi connectivity index (χ4n) is 3.88. The molecule has 162 valence electrons. The van der Waals surface area contributed by atoms with Gasteiger partial charge in [-0.15, -0.1) is 0 Å². The molecular formula is C24H28N4O3. The van der Waals surface area contributed by atoms with Gasteiger partial charge in [-0.25, -0.2) is 4.98 Å². The Hall–Kier alpha value is -3.35. The van der Waals surface area contributed by atoms with Crippen molar-refractivity contribution in [3.63, 3.8) is 0 Å². The molecule has 1 amide bonds. The molecule has 0 aliphatic heterocycles. The van der Waals surface area contributed by atoms with Crippen LogP contribution in [-0.2, 0) is 7.05 Å². The number of hydrogen-bond acceptors (Lipinski definition) is 5. The number of nitrogens with zero attached hydrogens (tertiary/aromatic N) is 3. The van der Waals surface area contributed by atoms with Gasteiger partial charge in [-0.1, -0.05) is 18.2 Å². The third-order valence-electron chi connectivity index (χ3n) is 5.66. The molecule has 31 heavy (non-hydrogen) atoms. The Morgan fingerprint density at radius 3 is 2.65 bits per heavy atom. The quantitative estimate of drug-likeness (QED) is 0.654. The third-order valence-corrected chi connectivity index (χ3v) is 5.66. The molecule has 0 radical (unpaired) electrons. The van der Waals surface area contributed by atoms with Gasteiger partial charge < -0.3 is 14.8 Å². The average molecular weight is 421 g/mol. The van der Waals surface area contributed by atoms with E-state index in [-0.39, 0.29) is 18.1 Å². The summed E-state index contributed by atoms with van der Waals surface area (Å²) < 4.78 is 12.9. The Labute approximate surface area is 182 Å². The zero-order valence-electron chi connectivity index (χ0n) is 18.2. The number of pyridine rings is 1. The number of carbonyl (C=O) groups is 1. The molecule has 0 saturated heterocycles. The van der Waals surface area contributed by atoms with Crippen LogP contribution in [0.4, 0.5) is 0 Å². The van der Waals surface area contributed by atoms with Gasteiger partial charge in [0.1, 0.15) is 17.5 Å². The van der Waals surface area contributed by atoms with Crippen molar-refractivity contribution >= 4 is 5.91 Å². The summed E-state index contributed by atoms with van der Waals surface area (Å²) in [5, 5.41) is 7.67. The van der Waals surface area contributed by atoms with Crippen molar-refractivity contribution < 1.29 is 14.3 Å². The molecule has 7 nitrogen and oxygen atoms in total. The molecule has 2 heterocycles. The first-order valence-corrected chi connectivity index (χ1v) is 10.6. The van der Waals surface area contributed by atoms with Crippen LogP contribution in [0.5, 0.6) is 11.6 Å². The molecule has 1 fully saturated rings. The number of nitrogens with one attached hydrogen (secondary N) is 1. The maximum absolute atomic E-state index is 12.9. The number of rotatable bonds is 6. The van der Waals surface area contributed by atoms with E-state index in [4.69, 9.17) is 9.47 Å². The monoisotopic (exact) mass is 420 g/mol. The normalized spacial score (nSPS) is 18.4. The summed E-state index contributed by atoms with van der Waals surface area (Å²) in [6.07, 6.45) is 5.49. The van der Waals surface area contributed by atoms with Crippen LogP contribution in [-0.4, -0.2) is 39.9 Å². The zero-order chi connectivity index (χ0) is 21.8. The topological polar surface area (TPSA) is 78.3 Å². The van der Waals surface area contributed by atoms with E-state index in [1.54, 1.807) is 18.8 Å². The minimum absolute atomic E-state index is 0.103. The lowest BCUT2D eigenvalue weighted by Crippen LogP contribution is -2.40. The van der Waals surface area contributed by atoms with Crippen LogP contribution in [0.15, 0.2) is 48.7 Å². The van der Waals surface area contributed by atoms with E-state index < -0.39 is 0 Å². The molecule has 3 aromatic rings. The summed E-state index contributed by atoms with van der Waals surface area (Å²) >= 11 is 0. The maximum Gasteiger partial charge on any atom is 0.269 e. The Morgan fingerprint density at radius 2 is 1.94 bits per heavy atom. The average Bonchev–Trinajstić information content (AvgIpc) is 3.18. The fourth-order valence-corrected chi connectivity index (χ4v) is 3.88. The summed E-state index contributed by atoms with van der Waals surface area (Å²) in [4.78, 5) is 17.2. The van der Waals surface area contributed by atoms with E-state index >= 15 is 0 Å². The minimum Gasteiger partial charge on any atom is -0.497 e. The van der Waals surface area contributed by atoms with Crippen LogP contribution in [0.1, 0.15) is 41.7 Å². The molecule has 1 aliphatic rings. The summed E-state index contributed by atoms with van der Waals surface area (Å²) in [7, 11) is 3.42. The van der Waals surface area contributed by atoms with E-state index in [0.29, 0.717) is 11.6 Å². The smallest absolute Gasteiger partial charge is 0.269 e. The minimum atomic E-state index is -0.103. The molecule has 0 spiro atoms. The number of aryl methyl sites for hydroxylation is 2. The molecule has 0 unspecified atom stereocenters. The molecule has 1 aliphatic carbocycles. The van der Waals surface area contributed by atoms with Gasteiger partial charge in [0.05, 0.1) is 12.8 Å². The van der Waals surface area contributed by atoms with Crippen molar-refractivity contribution in [1.82, 2.24) is 20.1 Å². The lowest BCUT2D eigenvalue weighted by atomic mass is 9.93. The zero-order valence-corrected chi connectivity index (χ0v) is 18.2. The van der Waals surface area contributed by atoms with Gasteiger partial charge in [0.2, 0.25) is 5.88 Å². The molecular weight excluding hydrogens is 392 g/mol. The maximum atomic E-state index is 12.9. The van der Waals surface area contributed by atoms with Crippen molar-refractivity contribution in [1.29, 1.82) is 0 Å². The Kier molecular flexibility index (Phi) is 6.21. The lowest BCUT2D eigenvalue weighted by Gasteiger charge is -2.29. The second-order valence-corrected chi connectivity index (χ2v) is 8.01. The predicted octanol–water partition coefficient (Wildman–Crippen LogP) is 3.92. The molecule has 4 rings (SSSR count). The Balaban J connectivity index is 1.34. The summed E-state index contributed by atoms with van der Waals surface area (Å²) in [5.74, 6) is 1.32. The number of hydrogen-bond donors (Lipinski definition) is 1. The van der Waals surface area contributed by atoms with Crippen LogP contribution < -0.4 is 14.8 Å². The van der Waals surface area contributed by atoms with Crippen molar-refractivity contribution in [3.05, 3.63) is 59.9 Å². The SMILES string of the molecule is COc1cccc(-c2cc(C(=O)NC3CCC(Oc4ccc(C)cn4)CC3)n(C)n2)c1. The van der Waals surface area contributed by atoms with Gasteiger partial charge in [-0.2, -0.15) is 5.10 Å². The number of aromatic nitrogens is 3. The van der Waals surface area contributed by atoms with Crippen LogP contribution in [0.2, 0.25) is 0 Å². The van der Waals surface area contributed by atoms with Crippen LogP contribution in [0.3, 0.4) is 0 Å². The molecule has 1 saturated carbocycles. The predicted molar refractivity (Wildman–Crippen MR) is 118 cm³/mol. The number of ether oxygens (including phenoxy) is 2. The van der Waals surface area contributed by atoms with Crippen LogP contribution in [0, 0.1) is 6.92 Å². The van der Waals surface area contributed by atoms with E-state index in [9.17, 15) is 4.79 Å². The highest BCUT2D eigenvalue weighted by molar-refractivity contribution is 5.93. The van der Waals surface area contributed by atoms with Crippen LogP contribution in [0.25, 0.3) is 11.3 Å². The van der Waals surface area contributed by atoms with E-state index in [2.05, 4.69) is 15.4 Å². The molecule has 0 bridgehead atoms. The Bertz CT molecular complexity index is 1040. The summed E-state index contributed by atoms with van der Waals surface area (Å²) in [6.45, 7) is 2.01. The first-order valence-electron chi connectivity index (χ1n) is 10.6. The van der Waals surface area contributed by atoms with Gasteiger partial charge in [0.15, 0.2) is 0 Å². The number of methoxy groups -OCH3 is 1. The van der Waals surface area contributed by atoms with Crippen molar-refractivity contribution in [2.45, 2.75) is 44.8 Å². The highest BCUT2D eigenvalue weighted by atomic mass is 16.5. The first-order chi connectivity index (χ1) is 15.0. The number of carbonyl (C=O) groups excluding carboxylic acids is 1. The summed E-state index contributed by atoms with van der Waals surface area (Å²) in [5.41, 5.74) is 3.31. The molecule has 1 N–H and O–H groups in total. The van der Waals surface area contributed by atoms with E-state index in [1.165, 1.54) is 0 Å². The van der Waals surface area contributed by atoms with E-state index in [0.717, 1.165) is 48.3 Å². The molecule has 1 aromatic carbocycles. The van der Waals surface area contributed by atoms with Crippen molar-refractivity contribution in [3.8, 4) is 22.9 Å². The van der Waals surface area contributed by atoms with Gasteiger partial charge >= 0.3 is 0 Å². The third kappa shape index (κ3) is 5.05. The standard InChI is InChI=1S/C24H28N4O3/c1-16-7-12-23(25-15-16)31-19-10-8-18(9-11-19)26-24(29)22-14-21(27-28(22)2)17-5-4-6-20(13-17)30-3/h4-7,12-15,18-19H,8-11H2,1-3H3,(H,26,29). The van der Waals surface area contributed by atoms with Crippen LogP contribution >= 0.6 is 0 Å². The number of amides is 1. The molecule has 2 aromatic heterocycles. The van der Waals surface area contributed by atoms with Crippen molar-refractivity contribution in [2.24, 2.45) is 7.05 Å². The summed E-state index contributed by atoms with van der Waals surface area (Å²) in [6, 6.07) is 13.5. The second-order valence-electron chi connectivity index (χ2n) is 8.01. The fraction of sp³-hybridized carbons (Fsp3) is 0.375.